The summed E-state index contributed by atoms with van der Waals surface area (Å²) in [6, 6.07) is 12.8. The van der Waals surface area contributed by atoms with Gasteiger partial charge in [0, 0.05) is 29.6 Å². The van der Waals surface area contributed by atoms with Gasteiger partial charge in [-0.2, -0.15) is 0 Å². The van der Waals surface area contributed by atoms with Crippen molar-refractivity contribution < 1.29 is 23.8 Å². The molecule has 140 valence electrons. The Morgan fingerprint density at radius 1 is 1.04 bits per heavy atom. The van der Waals surface area contributed by atoms with Crippen molar-refractivity contribution in [1.82, 2.24) is 4.98 Å². The lowest BCUT2D eigenvalue weighted by molar-refractivity contribution is -0.142. The monoisotopic (exact) mass is 367 g/mol. The lowest BCUT2D eigenvalue weighted by atomic mass is 10.1. The van der Waals surface area contributed by atoms with Crippen LogP contribution in [0.5, 0.6) is 11.5 Å². The molecule has 6 nitrogen and oxygen atoms in total. The molecule has 0 saturated heterocycles. The van der Waals surface area contributed by atoms with Gasteiger partial charge in [0.15, 0.2) is 6.61 Å². The molecule has 0 aliphatic heterocycles. The van der Waals surface area contributed by atoms with Crippen LogP contribution in [0.4, 0.5) is 0 Å². The van der Waals surface area contributed by atoms with Gasteiger partial charge < -0.3 is 19.2 Å². The fraction of sp³-hybridized carbons (Fsp3) is 0.238. The molecule has 3 aromatic rings. The minimum Gasteiger partial charge on any atom is -0.497 e. The van der Waals surface area contributed by atoms with Crippen molar-refractivity contribution in [1.29, 1.82) is 0 Å². The lowest BCUT2D eigenvalue weighted by Gasteiger charge is -2.10. The molecule has 2 aromatic carbocycles. The smallest absolute Gasteiger partial charge is 0.306 e. The van der Waals surface area contributed by atoms with E-state index in [-0.39, 0.29) is 18.8 Å². The summed E-state index contributed by atoms with van der Waals surface area (Å²) < 4.78 is 15.5. The van der Waals surface area contributed by atoms with E-state index in [4.69, 9.17) is 14.2 Å². The Balaban J connectivity index is 1.55. The van der Waals surface area contributed by atoms with Crippen LogP contribution in [-0.2, 0) is 16.0 Å². The first-order chi connectivity index (χ1) is 13.1. The molecule has 0 atom stereocenters. The fourth-order valence-electron chi connectivity index (χ4n) is 2.90. The van der Waals surface area contributed by atoms with E-state index in [1.807, 2.05) is 30.5 Å². The van der Waals surface area contributed by atoms with Crippen molar-refractivity contribution in [2.75, 3.05) is 20.8 Å². The molecule has 6 heteroatoms. The van der Waals surface area contributed by atoms with Crippen LogP contribution in [0.25, 0.3) is 10.9 Å². The Hall–Kier alpha value is -3.28. The van der Waals surface area contributed by atoms with Gasteiger partial charge in [-0.15, -0.1) is 0 Å². The molecule has 3 rings (SSSR count). The number of aryl methyl sites for hydroxylation is 1. The SMILES string of the molecule is COc1ccc(C(=O)COC(=O)CCc2c[nH]c3ccccc23)c(OC)c1. The summed E-state index contributed by atoms with van der Waals surface area (Å²) in [5.41, 5.74) is 2.43. The molecule has 0 aliphatic rings. The number of ketones is 1. The number of fused-ring (bicyclic) bond motifs is 1. The maximum absolute atomic E-state index is 12.3. The first-order valence-electron chi connectivity index (χ1n) is 8.58. The summed E-state index contributed by atoms with van der Waals surface area (Å²) in [6.45, 7) is -0.324. The number of Topliss-reactive ketones (excluding diaryl/α,β-unsaturated/α-hetero) is 1. The molecule has 0 unspecified atom stereocenters. The molecule has 0 aliphatic carbocycles. The van der Waals surface area contributed by atoms with E-state index >= 15 is 0 Å². The highest BCUT2D eigenvalue weighted by Crippen LogP contribution is 2.25. The second kappa shape index (κ2) is 8.40. The van der Waals surface area contributed by atoms with Crippen LogP contribution in [0, 0.1) is 0 Å². The van der Waals surface area contributed by atoms with E-state index in [1.165, 1.54) is 14.2 Å². The number of benzene rings is 2. The van der Waals surface area contributed by atoms with Crippen LogP contribution >= 0.6 is 0 Å². The number of para-hydroxylation sites is 1. The summed E-state index contributed by atoms with van der Waals surface area (Å²) in [5.74, 6) is 0.226. The zero-order chi connectivity index (χ0) is 19.2. The van der Waals surface area contributed by atoms with Gasteiger partial charge in [0.1, 0.15) is 11.5 Å². The van der Waals surface area contributed by atoms with Gasteiger partial charge in [-0.25, -0.2) is 0 Å². The highest BCUT2D eigenvalue weighted by Gasteiger charge is 2.16. The first-order valence-corrected chi connectivity index (χ1v) is 8.58. The number of hydrogen-bond acceptors (Lipinski definition) is 5. The molecule has 1 aromatic heterocycles. The van der Waals surface area contributed by atoms with Crippen molar-refractivity contribution in [3.63, 3.8) is 0 Å². The quantitative estimate of drug-likeness (QED) is 0.487. The van der Waals surface area contributed by atoms with E-state index in [1.54, 1.807) is 18.2 Å². The van der Waals surface area contributed by atoms with Gasteiger partial charge in [0.2, 0.25) is 5.78 Å². The van der Waals surface area contributed by atoms with Crippen molar-refractivity contribution in [3.8, 4) is 11.5 Å². The third kappa shape index (κ3) is 4.28. The maximum Gasteiger partial charge on any atom is 0.306 e. The van der Waals surface area contributed by atoms with Crippen molar-refractivity contribution in [2.45, 2.75) is 12.8 Å². The highest BCUT2D eigenvalue weighted by atomic mass is 16.5. The van der Waals surface area contributed by atoms with Crippen LogP contribution in [0.15, 0.2) is 48.7 Å². The van der Waals surface area contributed by atoms with Crippen LogP contribution in [0.1, 0.15) is 22.3 Å². The van der Waals surface area contributed by atoms with Crippen molar-refractivity contribution in [2.24, 2.45) is 0 Å². The Kier molecular flexibility index (Phi) is 5.76. The summed E-state index contributed by atoms with van der Waals surface area (Å²) in [4.78, 5) is 27.5. The number of ether oxygens (including phenoxy) is 3. The standard InChI is InChI=1S/C21H21NO5/c1-25-15-8-9-17(20(11-15)26-2)19(23)13-27-21(24)10-7-14-12-22-18-6-4-3-5-16(14)18/h3-6,8-9,11-12,22H,7,10,13H2,1-2H3. The van der Waals surface area contributed by atoms with Gasteiger partial charge in [0.05, 0.1) is 19.8 Å². The molecule has 0 saturated carbocycles. The zero-order valence-electron chi connectivity index (χ0n) is 15.3. The summed E-state index contributed by atoms with van der Waals surface area (Å²) in [7, 11) is 3.00. The number of aromatic amines is 1. The van der Waals surface area contributed by atoms with Crippen LogP contribution < -0.4 is 9.47 Å². The van der Waals surface area contributed by atoms with E-state index < -0.39 is 5.97 Å². The minimum atomic E-state index is -0.416. The first kappa shape index (κ1) is 18.5. The Bertz CT molecular complexity index is 960. The third-order valence-corrected chi connectivity index (χ3v) is 4.35. The number of rotatable bonds is 8. The second-order valence-corrected chi connectivity index (χ2v) is 6.01. The fourth-order valence-corrected chi connectivity index (χ4v) is 2.90. The van der Waals surface area contributed by atoms with E-state index in [2.05, 4.69) is 4.98 Å². The average Bonchev–Trinajstić information content (AvgIpc) is 3.13. The van der Waals surface area contributed by atoms with Crippen LogP contribution in [-0.4, -0.2) is 37.6 Å². The molecule has 0 amide bonds. The lowest BCUT2D eigenvalue weighted by Crippen LogP contribution is -2.15. The molecule has 27 heavy (non-hydrogen) atoms. The average molecular weight is 367 g/mol. The highest BCUT2D eigenvalue weighted by molar-refractivity contribution is 6.00. The van der Waals surface area contributed by atoms with E-state index in [0.717, 1.165) is 16.5 Å². The van der Waals surface area contributed by atoms with Gasteiger partial charge in [-0.05, 0) is 30.2 Å². The van der Waals surface area contributed by atoms with Crippen molar-refractivity contribution >= 4 is 22.7 Å². The molecule has 1 heterocycles. The molecule has 0 radical (unpaired) electrons. The molecular formula is C21H21NO5. The summed E-state index contributed by atoms with van der Waals surface area (Å²) in [6.07, 6.45) is 2.64. The number of hydrogen-bond donors (Lipinski definition) is 1. The number of H-pyrrole nitrogens is 1. The topological polar surface area (TPSA) is 77.6 Å². The number of carbonyl (C=O) groups is 2. The Morgan fingerprint density at radius 3 is 2.63 bits per heavy atom. The number of aromatic nitrogens is 1. The molecule has 0 bridgehead atoms. The second-order valence-electron chi connectivity index (χ2n) is 6.01. The Labute approximate surface area is 157 Å². The molecule has 1 N–H and O–H groups in total. The predicted molar refractivity (Wildman–Crippen MR) is 101 cm³/mol. The predicted octanol–water partition coefficient (Wildman–Crippen LogP) is 3.54. The van der Waals surface area contributed by atoms with Gasteiger partial charge in [0.25, 0.3) is 0 Å². The Morgan fingerprint density at radius 2 is 1.85 bits per heavy atom. The van der Waals surface area contributed by atoms with Gasteiger partial charge >= 0.3 is 5.97 Å². The molecule has 0 fully saturated rings. The number of nitrogens with one attached hydrogen (secondary N) is 1. The zero-order valence-corrected chi connectivity index (χ0v) is 15.3. The third-order valence-electron chi connectivity index (χ3n) is 4.35. The van der Waals surface area contributed by atoms with Crippen LogP contribution in [0.2, 0.25) is 0 Å². The number of carbonyl (C=O) groups excluding carboxylic acids is 2. The summed E-state index contributed by atoms with van der Waals surface area (Å²) >= 11 is 0. The van der Waals surface area contributed by atoms with Gasteiger partial charge in [-0.1, -0.05) is 18.2 Å². The van der Waals surface area contributed by atoms with Crippen LogP contribution in [0.3, 0.4) is 0 Å². The maximum atomic E-state index is 12.3. The molecule has 0 spiro atoms. The summed E-state index contributed by atoms with van der Waals surface area (Å²) in [5, 5.41) is 1.09. The van der Waals surface area contributed by atoms with E-state index in [9.17, 15) is 9.59 Å². The number of methoxy groups -OCH3 is 2. The normalized spacial score (nSPS) is 10.6. The van der Waals surface area contributed by atoms with E-state index in [0.29, 0.717) is 23.5 Å². The molecular weight excluding hydrogens is 346 g/mol. The largest absolute Gasteiger partial charge is 0.497 e. The number of esters is 1. The minimum absolute atomic E-state index is 0.203. The van der Waals surface area contributed by atoms with Gasteiger partial charge in [-0.3, -0.25) is 9.59 Å². The van der Waals surface area contributed by atoms with Crippen molar-refractivity contribution in [3.05, 3.63) is 59.8 Å².